The molecule has 0 atom stereocenters. The van der Waals surface area contributed by atoms with E-state index in [0.717, 1.165) is 18.5 Å². The molecule has 0 bridgehead atoms. The van der Waals surface area contributed by atoms with Gasteiger partial charge in [-0.25, -0.2) is 4.79 Å². The highest BCUT2D eigenvalue weighted by Crippen LogP contribution is 2.26. The average molecular weight is 280 g/mol. The minimum absolute atomic E-state index is 0.105. The van der Waals surface area contributed by atoms with Crippen LogP contribution >= 0.6 is 0 Å². The van der Waals surface area contributed by atoms with Crippen LogP contribution in [0.25, 0.3) is 0 Å². The quantitative estimate of drug-likeness (QED) is 0.718. The van der Waals surface area contributed by atoms with Gasteiger partial charge in [-0.3, -0.25) is 5.32 Å². The molecule has 112 valence electrons. The van der Waals surface area contributed by atoms with Crippen molar-refractivity contribution in [2.75, 3.05) is 30.9 Å². The standard InChI is InChI=1S/C15H24N2O3/c1-4-15(5-2,11-18)10-16-12-7-6-8-13(9-12)17-14(19)20-3/h6-9,16,18H,4-5,10-11H2,1-3H3,(H,17,19). The summed E-state index contributed by atoms with van der Waals surface area (Å²) in [5, 5.41) is 15.5. The summed E-state index contributed by atoms with van der Waals surface area (Å²) in [5.41, 5.74) is 1.47. The van der Waals surface area contributed by atoms with Crippen molar-refractivity contribution in [3.05, 3.63) is 24.3 Å². The van der Waals surface area contributed by atoms with Crippen LogP contribution in [0.5, 0.6) is 0 Å². The molecule has 0 radical (unpaired) electrons. The van der Waals surface area contributed by atoms with Crippen LogP contribution in [-0.2, 0) is 4.74 Å². The first-order valence-electron chi connectivity index (χ1n) is 6.89. The Bertz CT molecular complexity index is 423. The van der Waals surface area contributed by atoms with Gasteiger partial charge in [0.25, 0.3) is 0 Å². The predicted molar refractivity (Wildman–Crippen MR) is 81.1 cm³/mol. The number of rotatable bonds is 7. The topological polar surface area (TPSA) is 70.6 Å². The molecule has 0 spiro atoms. The second-order valence-corrected chi connectivity index (χ2v) is 4.92. The van der Waals surface area contributed by atoms with E-state index in [-0.39, 0.29) is 12.0 Å². The van der Waals surface area contributed by atoms with Crippen molar-refractivity contribution in [3.63, 3.8) is 0 Å². The molecule has 1 aromatic carbocycles. The summed E-state index contributed by atoms with van der Waals surface area (Å²) in [7, 11) is 1.33. The van der Waals surface area contributed by atoms with Crippen molar-refractivity contribution in [1.29, 1.82) is 0 Å². The first-order valence-corrected chi connectivity index (χ1v) is 6.89. The van der Waals surface area contributed by atoms with E-state index < -0.39 is 6.09 Å². The lowest BCUT2D eigenvalue weighted by molar-refractivity contribution is 0.127. The molecule has 0 aliphatic heterocycles. The summed E-state index contributed by atoms with van der Waals surface area (Å²) in [5.74, 6) is 0. The summed E-state index contributed by atoms with van der Waals surface area (Å²) in [6.45, 7) is 5.01. The van der Waals surface area contributed by atoms with Gasteiger partial charge in [-0.1, -0.05) is 19.9 Å². The van der Waals surface area contributed by atoms with Gasteiger partial charge in [0.1, 0.15) is 0 Å². The normalized spacial score (nSPS) is 11.0. The molecule has 0 aromatic heterocycles. The van der Waals surface area contributed by atoms with E-state index in [1.165, 1.54) is 7.11 Å². The van der Waals surface area contributed by atoms with E-state index in [9.17, 15) is 9.90 Å². The smallest absolute Gasteiger partial charge is 0.411 e. The number of carbonyl (C=O) groups excluding carboxylic acids is 1. The molecule has 0 unspecified atom stereocenters. The molecule has 0 aliphatic carbocycles. The summed E-state index contributed by atoms with van der Waals surface area (Å²) in [4.78, 5) is 11.2. The van der Waals surface area contributed by atoms with Crippen LogP contribution in [0.3, 0.4) is 0 Å². The first kappa shape index (κ1) is 16.3. The Labute approximate surface area is 120 Å². The third-order valence-corrected chi connectivity index (χ3v) is 3.80. The fraction of sp³-hybridized carbons (Fsp3) is 0.533. The monoisotopic (exact) mass is 280 g/mol. The van der Waals surface area contributed by atoms with Crippen molar-refractivity contribution in [2.24, 2.45) is 5.41 Å². The summed E-state index contributed by atoms with van der Waals surface area (Å²) in [6, 6.07) is 7.41. The molecule has 0 aliphatic rings. The van der Waals surface area contributed by atoms with Crippen LogP contribution in [0.2, 0.25) is 0 Å². The van der Waals surface area contributed by atoms with Crippen LogP contribution < -0.4 is 10.6 Å². The van der Waals surface area contributed by atoms with Crippen LogP contribution in [0.4, 0.5) is 16.2 Å². The lowest BCUT2D eigenvalue weighted by Crippen LogP contribution is -2.32. The SMILES string of the molecule is CCC(CC)(CO)CNc1cccc(NC(=O)OC)c1. The van der Waals surface area contributed by atoms with Gasteiger partial charge >= 0.3 is 6.09 Å². The van der Waals surface area contributed by atoms with E-state index in [0.29, 0.717) is 12.2 Å². The Morgan fingerprint density at radius 2 is 1.95 bits per heavy atom. The fourth-order valence-corrected chi connectivity index (χ4v) is 1.94. The van der Waals surface area contributed by atoms with E-state index in [1.807, 2.05) is 18.2 Å². The Balaban J connectivity index is 2.68. The lowest BCUT2D eigenvalue weighted by Gasteiger charge is -2.30. The zero-order valence-corrected chi connectivity index (χ0v) is 12.4. The van der Waals surface area contributed by atoms with Gasteiger partial charge in [0.05, 0.1) is 13.7 Å². The van der Waals surface area contributed by atoms with Crippen molar-refractivity contribution in [3.8, 4) is 0 Å². The minimum Gasteiger partial charge on any atom is -0.453 e. The number of aliphatic hydroxyl groups is 1. The molecule has 0 saturated heterocycles. The molecular formula is C15H24N2O3. The summed E-state index contributed by atoms with van der Waals surface area (Å²) < 4.78 is 4.56. The second-order valence-electron chi connectivity index (χ2n) is 4.92. The van der Waals surface area contributed by atoms with Gasteiger partial charge in [-0.15, -0.1) is 0 Å². The van der Waals surface area contributed by atoms with Crippen LogP contribution in [0.15, 0.2) is 24.3 Å². The number of anilines is 2. The molecule has 3 N–H and O–H groups in total. The molecule has 0 saturated carbocycles. The number of benzene rings is 1. The Morgan fingerprint density at radius 1 is 1.30 bits per heavy atom. The third-order valence-electron chi connectivity index (χ3n) is 3.80. The molecular weight excluding hydrogens is 256 g/mol. The second kappa shape index (κ2) is 7.75. The van der Waals surface area contributed by atoms with Crippen LogP contribution in [0, 0.1) is 5.41 Å². The van der Waals surface area contributed by atoms with E-state index in [2.05, 4.69) is 29.2 Å². The summed E-state index contributed by atoms with van der Waals surface area (Å²) in [6.07, 6.45) is 1.33. The minimum atomic E-state index is -0.492. The lowest BCUT2D eigenvalue weighted by atomic mass is 9.83. The van der Waals surface area contributed by atoms with Crippen molar-refractivity contribution in [1.82, 2.24) is 0 Å². The van der Waals surface area contributed by atoms with Gasteiger partial charge in [-0.05, 0) is 31.0 Å². The number of aliphatic hydroxyl groups excluding tert-OH is 1. The Hall–Kier alpha value is -1.75. The maximum atomic E-state index is 11.2. The highest BCUT2D eigenvalue weighted by Gasteiger charge is 2.24. The molecule has 0 heterocycles. The molecule has 1 rings (SSSR count). The highest BCUT2D eigenvalue weighted by molar-refractivity contribution is 5.85. The third kappa shape index (κ3) is 4.42. The van der Waals surface area contributed by atoms with E-state index >= 15 is 0 Å². The van der Waals surface area contributed by atoms with Crippen molar-refractivity contribution >= 4 is 17.5 Å². The molecule has 1 amide bonds. The molecule has 5 heteroatoms. The van der Waals surface area contributed by atoms with E-state index in [4.69, 9.17) is 0 Å². The first-order chi connectivity index (χ1) is 9.59. The number of ether oxygens (including phenoxy) is 1. The van der Waals surface area contributed by atoms with Gasteiger partial charge in [0.2, 0.25) is 0 Å². The summed E-state index contributed by atoms with van der Waals surface area (Å²) >= 11 is 0. The molecule has 20 heavy (non-hydrogen) atoms. The largest absolute Gasteiger partial charge is 0.453 e. The zero-order valence-electron chi connectivity index (χ0n) is 12.4. The van der Waals surface area contributed by atoms with Crippen LogP contribution in [0.1, 0.15) is 26.7 Å². The van der Waals surface area contributed by atoms with E-state index in [1.54, 1.807) is 6.07 Å². The van der Waals surface area contributed by atoms with Crippen molar-refractivity contribution in [2.45, 2.75) is 26.7 Å². The number of methoxy groups -OCH3 is 1. The highest BCUT2D eigenvalue weighted by atomic mass is 16.5. The van der Waals surface area contributed by atoms with Gasteiger partial charge in [0, 0.05) is 23.3 Å². The van der Waals surface area contributed by atoms with Gasteiger partial charge in [0.15, 0.2) is 0 Å². The molecule has 0 fully saturated rings. The maximum absolute atomic E-state index is 11.2. The maximum Gasteiger partial charge on any atom is 0.411 e. The molecule has 1 aromatic rings. The predicted octanol–water partition coefficient (Wildman–Crippen LogP) is 3.08. The Morgan fingerprint density at radius 3 is 2.50 bits per heavy atom. The number of hydrogen-bond acceptors (Lipinski definition) is 4. The number of amides is 1. The fourth-order valence-electron chi connectivity index (χ4n) is 1.94. The average Bonchev–Trinajstić information content (AvgIpc) is 2.49. The Kier molecular flexibility index (Phi) is 6.31. The van der Waals surface area contributed by atoms with Gasteiger partial charge < -0.3 is 15.2 Å². The molecule has 5 nitrogen and oxygen atoms in total. The zero-order chi connectivity index (χ0) is 15.0. The van der Waals surface area contributed by atoms with Gasteiger partial charge in [-0.2, -0.15) is 0 Å². The van der Waals surface area contributed by atoms with Crippen LogP contribution in [-0.4, -0.2) is 31.5 Å². The number of nitrogens with one attached hydrogen (secondary N) is 2. The number of hydrogen-bond donors (Lipinski definition) is 3. The number of carbonyl (C=O) groups is 1. The van der Waals surface area contributed by atoms with Crippen molar-refractivity contribution < 1.29 is 14.6 Å².